The van der Waals surface area contributed by atoms with Crippen molar-refractivity contribution in [2.45, 2.75) is 32.8 Å². The zero-order valence-electron chi connectivity index (χ0n) is 10.9. The maximum Gasteiger partial charge on any atom is 0.0646 e. The van der Waals surface area contributed by atoms with Gasteiger partial charge in [0.15, 0.2) is 0 Å². The van der Waals surface area contributed by atoms with E-state index in [1.54, 1.807) is 0 Å². The van der Waals surface area contributed by atoms with E-state index in [0.29, 0.717) is 12.5 Å². The average molecular weight is 256 g/mol. The lowest BCUT2D eigenvalue weighted by Crippen LogP contribution is -2.23. The van der Waals surface area contributed by atoms with Crippen LogP contribution in [0.15, 0.2) is 24.3 Å². The van der Waals surface area contributed by atoms with Gasteiger partial charge in [-0.1, -0.05) is 12.1 Å². The molecule has 0 aliphatic carbocycles. The molecule has 3 heteroatoms. The van der Waals surface area contributed by atoms with E-state index >= 15 is 0 Å². The van der Waals surface area contributed by atoms with E-state index < -0.39 is 0 Å². The van der Waals surface area contributed by atoms with Gasteiger partial charge in [0.05, 0.1) is 12.2 Å². The molecule has 17 heavy (non-hydrogen) atoms. The van der Waals surface area contributed by atoms with Gasteiger partial charge in [0.1, 0.15) is 0 Å². The summed E-state index contributed by atoms with van der Waals surface area (Å²) in [6.07, 6.45) is 0.926. The largest absolute Gasteiger partial charge is 0.383 e. The zero-order chi connectivity index (χ0) is 12.7. The summed E-state index contributed by atoms with van der Waals surface area (Å²) in [5.74, 6) is 0.673. The third-order valence-corrected chi connectivity index (χ3v) is 2.49. The Kier molecular flexibility index (Phi) is 5.79. The fourth-order valence-electron chi connectivity index (χ4n) is 1.45. The van der Waals surface area contributed by atoms with Crippen LogP contribution in [0.2, 0.25) is 0 Å². The van der Waals surface area contributed by atoms with Crippen LogP contribution < -0.4 is 5.32 Å². The highest BCUT2D eigenvalue weighted by Crippen LogP contribution is 2.11. The lowest BCUT2D eigenvalue weighted by molar-refractivity contribution is 0.00333. The van der Waals surface area contributed by atoms with Crippen LogP contribution in [-0.4, -0.2) is 24.6 Å². The Bertz CT molecular complexity index is 316. The van der Waals surface area contributed by atoms with Crippen LogP contribution in [0.4, 0.5) is 5.69 Å². The topological polar surface area (TPSA) is 21.3 Å². The van der Waals surface area contributed by atoms with Crippen LogP contribution >= 0.6 is 11.6 Å². The number of aryl methyl sites for hydroxylation is 1. The maximum absolute atomic E-state index is 5.69. The molecule has 0 saturated heterocycles. The third kappa shape index (κ3) is 6.54. The minimum Gasteiger partial charge on any atom is -0.383 e. The first-order valence-electron chi connectivity index (χ1n) is 6.04. The van der Waals surface area contributed by atoms with Crippen LogP contribution in [-0.2, 0) is 11.2 Å². The van der Waals surface area contributed by atoms with Crippen molar-refractivity contribution in [3.63, 3.8) is 0 Å². The second-order valence-corrected chi connectivity index (χ2v) is 5.40. The van der Waals surface area contributed by atoms with Crippen LogP contribution in [0.3, 0.4) is 0 Å². The van der Waals surface area contributed by atoms with Crippen molar-refractivity contribution < 1.29 is 4.74 Å². The summed E-state index contributed by atoms with van der Waals surface area (Å²) >= 11 is 5.69. The number of alkyl halides is 1. The van der Waals surface area contributed by atoms with Gasteiger partial charge in [-0.15, -0.1) is 11.6 Å². The number of nitrogens with one attached hydrogen (secondary N) is 1. The quantitative estimate of drug-likeness (QED) is 0.618. The van der Waals surface area contributed by atoms with E-state index in [4.69, 9.17) is 16.3 Å². The SMILES string of the molecule is CC(C)(C)OCCNc1ccc(CCCl)cc1. The molecule has 0 fully saturated rings. The minimum absolute atomic E-state index is 0.0636. The van der Waals surface area contributed by atoms with Crippen molar-refractivity contribution >= 4 is 17.3 Å². The molecule has 0 atom stereocenters. The summed E-state index contributed by atoms with van der Waals surface area (Å²) in [5, 5.41) is 3.33. The monoisotopic (exact) mass is 255 g/mol. The van der Waals surface area contributed by atoms with Crippen LogP contribution in [0.25, 0.3) is 0 Å². The normalized spacial score (nSPS) is 11.5. The van der Waals surface area contributed by atoms with Gasteiger partial charge in [0.2, 0.25) is 0 Å². The number of hydrogen-bond donors (Lipinski definition) is 1. The number of halogens is 1. The number of anilines is 1. The highest BCUT2D eigenvalue weighted by molar-refractivity contribution is 6.17. The zero-order valence-corrected chi connectivity index (χ0v) is 11.7. The predicted octanol–water partition coefficient (Wildman–Crippen LogP) is 3.69. The molecule has 0 radical (unpaired) electrons. The molecule has 0 unspecified atom stereocenters. The van der Waals surface area contributed by atoms with E-state index in [2.05, 4.69) is 50.4 Å². The molecule has 1 rings (SSSR count). The standard InChI is InChI=1S/C14H22ClNO/c1-14(2,3)17-11-10-16-13-6-4-12(5-7-13)8-9-15/h4-7,16H,8-11H2,1-3H3. The van der Waals surface area contributed by atoms with E-state index in [1.807, 2.05) is 0 Å². The second-order valence-electron chi connectivity index (χ2n) is 5.02. The van der Waals surface area contributed by atoms with E-state index in [9.17, 15) is 0 Å². The molecule has 1 N–H and O–H groups in total. The molecule has 0 saturated carbocycles. The van der Waals surface area contributed by atoms with Gasteiger partial charge in [0.25, 0.3) is 0 Å². The lowest BCUT2D eigenvalue weighted by Gasteiger charge is -2.19. The molecular weight excluding hydrogens is 234 g/mol. The second kappa shape index (κ2) is 6.87. The average Bonchev–Trinajstić information content (AvgIpc) is 2.26. The molecule has 1 aromatic rings. The van der Waals surface area contributed by atoms with Crippen molar-refractivity contribution in [3.05, 3.63) is 29.8 Å². The summed E-state index contributed by atoms with van der Waals surface area (Å²) in [6, 6.07) is 8.38. The molecule has 0 aliphatic heterocycles. The van der Waals surface area contributed by atoms with Gasteiger partial charge in [-0.3, -0.25) is 0 Å². The highest BCUT2D eigenvalue weighted by Gasteiger charge is 2.08. The molecule has 96 valence electrons. The Hall–Kier alpha value is -0.730. The Morgan fingerprint density at radius 1 is 1.18 bits per heavy atom. The highest BCUT2D eigenvalue weighted by atomic mass is 35.5. The van der Waals surface area contributed by atoms with Crippen LogP contribution in [0.5, 0.6) is 0 Å². The summed E-state index contributed by atoms with van der Waals surface area (Å²) in [6.45, 7) is 7.73. The first kappa shape index (κ1) is 14.3. The van der Waals surface area contributed by atoms with Crippen LogP contribution in [0.1, 0.15) is 26.3 Å². The number of hydrogen-bond acceptors (Lipinski definition) is 2. The third-order valence-electron chi connectivity index (χ3n) is 2.30. The fraction of sp³-hybridized carbons (Fsp3) is 0.571. The van der Waals surface area contributed by atoms with Crippen molar-refractivity contribution in [3.8, 4) is 0 Å². The predicted molar refractivity (Wildman–Crippen MR) is 75.1 cm³/mol. The van der Waals surface area contributed by atoms with E-state index in [-0.39, 0.29) is 5.60 Å². The number of benzene rings is 1. The molecule has 1 aromatic carbocycles. The van der Waals surface area contributed by atoms with Gasteiger partial charge in [-0.25, -0.2) is 0 Å². The molecule has 0 aromatic heterocycles. The molecular formula is C14H22ClNO. The summed E-state index contributed by atoms with van der Waals surface area (Å²) in [7, 11) is 0. The van der Waals surface area contributed by atoms with Crippen LogP contribution in [0, 0.1) is 0 Å². The Morgan fingerprint density at radius 2 is 1.82 bits per heavy atom. The summed E-state index contributed by atoms with van der Waals surface area (Å²) in [4.78, 5) is 0. The maximum atomic E-state index is 5.69. The molecule has 0 spiro atoms. The van der Waals surface area contributed by atoms with Gasteiger partial charge in [-0.05, 0) is 44.9 Å². The van der Waals surface area contributed by atoms with Crippen molar-refractivity contribution in [2.24, 2.45) is 0 Å². The summed E-state index contributed by atoms with van der Waals surface area (Å²) < 4.78 is 5.63. The van der Waals surface area contributed by atoms with Gasteiger partial charge in [-0.2, -0.15) is 0 Å². The van der Waals surface area contributed by atoms with Gasteiger partial charge >= 0.3 is 0 Å². The Labute approximate surface area is 109 Å². The smallest absolute Gasteiger partial charge is 0.0646 e. The Morgan fingerprint density at radius 3 is 2.35 bits per heavy atom. The van der Waals surface area contributed by atoms with E-state index in [0.717, 1.165) is 18.7 Å². The van der Waals surface area contributed by atoms with Gasteiger partial charge in [0, 0.05) is 18.1 Å². The molecule has 0 aliphatic rings. The van der Waals surface area contributed by atoms with E-state index in [1.165, 1.54) is 5.56 Å². The molecule has 0 bridgehead atoms. The minimum atomic E-state index is -0.0636. The molecule has 2 nitrogen and oxygen atoms in total. The number of ether oxygens (including phenoxy) is 1. The number of rotatable bonds is 6. The first-order valence-corrected chi connectivity index (χ1v) is 6.57. The first-order chi connectivity index (χ1) is 8.01. The van der Waals surface area contributed by atoms with Crippen molar-refractivity contribution in [1.29, 1.82) is 0 Å². The fourth-order valence-corrected chi connectivity index (χ4v) is 1.67. The summed E-state index contributed by atoms with van der Waals surface area (Å²) in [5.41, 5.74) is 2.34. The molecule has 0 amide bonds. The van der Waals surface area contributed by atoms with Crippen molar-refractivity contribution in [1.82, 2.24) is 0 Å². The van der Waals surface area contributed by atoms with Gasteiger partial charge < -0.3 is 10.1 Å². The lowest BCUT2D eigenvalue weighted by atomic mass is 10.1. The Balaban J connectivity index is 2.27. The molecule has 0 heterocycles. The van der Waals surface area contributed by atoms with Crippen molar-refractivity contribution in [2.75, 3.05) is 24.3 Å².